The standard InChI is InChI=1S/C25H27F2N3O/c1-14-2-7-18(8-3-14)31-25-28-20-13-19(26)22(23(27)24(20)29-25)16-4-9-21-15(12-16)10-11-30(21)17-5-6-17/h4,9-14,17-19,22H,2-3,5-8H2,1H3,(H,28,29). The van der Waals surface area contributed by atoms with Gasteiger partial charge in [-0.05, 0) is 79.7 Å². The number of fused-ring (bicyclic) bond motifs is 2. The molecule has 2 fully saturated rings. The van der Waals surface area contributed by atoms with Gasteiger partial charge in [0.05, 0.1) is 11.3 Å². The molecule has 0 amide bonds. The average Bonchev–Trinajstić information content (AvgIpc) is 3.38. The first-order chi connectivity index (χ1) is 15.1. The van der Waals surface area contributed by atoms with Gasteiger partial charge in [0, 0.05) is 17.8 Å². The second kappa shape index (κ2) is 7.21. The fourth-order valence-electron chi connectivity index (χ4n) is 5.15. The van der Waals surface area contributed by atoms with Gasteiger partial charge in [0.1, 0.15) is 23.5 Å². The number of ether oxygens (including phenoxy) is 1. The monoisotopic (exact) mass is 423 g/mol. The molecular formula is C25H27F2N3O. The topological polar surface area (TPSA) is 42.8 Å². The Morgan fingerprint density at radius 2 is 1.90 bits per heavy atom. The molecule has 0 radical (unpaired) electrons. The molecule has 31 heavy (non-hydrogen) atoms. The van der Waals surface area contributed by atoms with E-state index in [-0.39, 0.29) is 11.5 Å². The number of hydrogen-bond donors (Lipinski definition) is 1. The van der Waals surface area contributed by atoms with Gasteiger partial charge in [-0.25, -0.2) is 8.78 Å². The lowest BCUT2D eigenvalue weighted by molar-refractivity contribution is 0.125. The Hall–Kier alpha value is -2.63. The van der Waals surface area contributed by atoms with E-state index in [2.05, 4.69) is 27.7 Å². The zero-order valence-electron chi connectivity index (χ0n) is 17.7. The zero-order chi connectivity index (χ0) is 21.1. The summed E-state index contributed by atoms with van der Waals surface area (Å²) < 4.78 is 38.8. The minimum atomic E-state index is -1.46. The maximum atomic E-state index is 15.5. The molecule has 2 atom stereocenters. The maximum Gasteiger partial charge on any atom is 0.294 e. The SMILES string of the molecule is CC1CCC(Oc2nc3c([nH]2)=CC(F)C(c2ccc4c(ccn4C4CC4)c2)C=3F)CC1. The zero-order valence-corrected chi connectivity index (χ0v) is 17.7. The molecule has 0 spiro atoms. The highest BCUT2D eigenvalue weighted by Gasteiger charge is 2.32. The highest BCUT2D eigenvalue weighted by molar-refractivity contribution is 5.82. The number of halogens is 2. The van der Waals surface area contributed by atoms with Crippen LogP contribution >= 0.6 is 0 Å². The molecule has 162 valence electrons. The van der Waals surface area contributed by atoms with Crippen molar-refractivity contribution in [1.29, 1.82) is 0 Å². The van der Waals surface area contributed by atoms with Gasteiger partial charge < -0.3 is 14.3 Å². The van der Waals surface area contributed by atoms with Gasteiger partial charge in [0.2, 0.25) is 0 Å². The Kier molecular flexibility index (Phi) is 4.44. The van der Waals surface area contributed by atoms with E-state index in [1.807, 2.05) is 24.3 Å². The molecule has 4 nitrogen and oxygen atoms in total. The summed E-state index contributed by atoms with van der Waals surface area (Å²) in [5.74, 6) is -0.794. The minimum Gasteiger partial charge on any atom is -0.461 e. The Morgan fingerprint density at radius 3 is 2.68 bits per heavy atom. The van der Waals surface area contributed by atoms with E-state index in [0.29, 0.717) is 23.0 Å². The number of alkyl halides is 1. The van der Waals surface area contributed by atoms with E-state index in [1.54, 1.807) is 0 Å². The van der Waals surface area contributed by atoms with Gasteiger partial charge in [-0.2, -0.15) is 4.98 Å². The number of H-pyrrole nitrogens is 1. The van der Waals surface area contributed by atoms with Crippen LogP contribution in [0, 0.1) is 5.92 Å². The molecule has 0 saturated heterocycles. The highest BCUT2D eigenvalue weighted by Crippen LogP contribution is 2.39. The van der Waals surface area contributed by atoms with Crippen molar-refractivity contribution in [3.05, 3.63) is 46.7 Å². The summed E-state index contributed by atoms with van der Waals surface area (Å²) >= 11 is 0. The summed E-state index contributed by atoms with van der Waals surface area (Å²) in [4.78, 5) is 7.35. The predicted octanol–water partition coefficient (Wildman–Crippen LogP) is 4.65. The van der Waals surface area contributed by atoms with E-state index < -0.39 is 17.9 Å². The van der Waals surface area contributed by atoms with Gasteiger partial charge >= 0.3 is 0 Å². The molecule has 3 aliphatic rings. The predicted molar refractivity (Wildman–Crippen MR) is 117 cm³/mol. The maximum absolute atomic E-state index is 15.5. The lowest BCUT2D eigenvalue weighted by atomic mass is 9.89. The Bertz CT molecular complexity index is 1250. The van der Waals surface area contributed by atoms with Crippen molar-refractivity contribution in [2.75, 3.05) is 0 Å². The van der Waals surface area contributed by atoms with Crippen LogP contribution in [0.5, 0.6) is 6.01 Å². The lowest BCUT2D eigenvalue weighted by Gasteiger charge is -2.25. The minimum absolute atomic E-state index is 0.0850. The third kappa shape index (κ3) is 3.36. The highest BCUT2D eigenvalue weighted by atomic mass is 19.1. The van der Waals surface area contributed by atoms with Crippen LogP contribution in [0.2, 0.25) is 0 Å². The number of hydrogen-bond acceptors (Lipinski definition) is 2. The van der Waals surface area contributed by atoms with E-state index in [0.717, 1.165) is 42.5 Å². The summed E-state index contributed by atoms with van der Waals surface area (Å²) in [6, 6.07) is 8.65. The molecule has 1 aromatic carbocycles. The largest absolute Gasteiger partial charge is 0.461 e. The first-order valence-corrected chi connectivity index (χ1v) is 11.5. The van der Waals surface area contributed by atoms with Gasteiger partial charge in [0.25, 0.3) is 6.01 Å². The quantitative estimate of drug-likeness (QED) is 0.664. The van der Waals surface area contributed by atoms with Gasteiger partial charge in [0.15, 0.2) is 0 Å². The molecule has 3 aromatic rings. The van der Waals surface area contributed by atoms with Crippen LogP contribution in [-0.4, -0.2) is 26.8 Å². The van der Waals surface area contributed by atoms with Crippen LogP contribution in [-0.2, 0) is 0 Å². The number of aromatic amines is 1. The van der Waals surface area contributed by atoms with Crippen molar-refractivity contribution in [2.24, 2.45) is 5.92 Å². The van der Waals surface area contributed by atoms with E-state index in [4.69, 9.17) is 4.74 Å². The smallest absolute Gasteiger partial charge is 0.294 e. The molecule has 0 aliphatic heterocycles. The third-order valence-electron chi connectivity index (χ3n) is 7.14. The molecule has 0 bridgehead atoms. The molecule has 2 unspecified atom stereocenters. The fourth-order valence-corrected chi connectivity index (χ4v) is 5.15. The van der Waals surface area contributed by atoms with E-state index in [9.17, 15) is 0 Å². The number of rotatable bonds is 4. The number of imidazole rings is 1. The van der Waals surface area contributed by atoms with Crippen molar-refractivity contribution < 1.29 is 13.5 Å². The van der Waals surface area contributed by atoms with Crippen LogP contribution in [0.15, 0.2) is 30.5 Å². The first kappa shape index (κ1) is 19.1. The van der Waals surface area contributed by atoms with Crippen molar-refractivity contribution in [2.45, 2.75) is 69.7 Å². The van der Waals surface area contributed by atoms with Crippen LogP contribution in [0.4, 0.5) is 8.78 Å². The average molecular weight is 424 g/mol. The summed E-state index contributed by atoms with van der Waals surface area (Å²) in [7, 11) is 0. The van der Waals surface area contributed by atoms with Crippen LogP contribution in [0.1, 0.15) is 63.0 Å². The van der Waals surface area contributed by atoms with Crippen LogP contribution in [0.3, 0.4) is 0 Å². The van der Waals surface area contributed by atoms with Crippen molar-refractivity contribution >= 4 is 22.8 Å². The molecule has 3 aliphatic carbocycles. The van der Waals surface area contributed by atoms with Crippen molar-refractivity contribution in [1.82, 2.24) is 14.5 Å². The second-order valence-corrected chi connectivity index (χ2v) is 9.51. The Labute approximate surface area is 179 Å². The molecule has 6 heteroatoms. The van der Waals surface area contributed by atoms with Crippen molar-refractivity contribution in [3.8, 4) is 6.01 Å². The normalized spacial score (nSPS) is 28.4. The van der Waals surface area contributed by atoms with E-state index >= 15 is 8.78 Å². The number of benzene rings is 1. The Balaban J connectivity index is 1.32. The number of aromatic nitrogens is 3. The van der Waals surface area contributed by atoms with Crippen LogP contribution < -0.4 is 15.4 Å². The fraction of sp³-hybridized carbons (Fsp3) is 0.480. The van der Waals surface area contributed by atoms with Gasteiger partial charge in [-0.15, -0.1) is 0 Å². The van der Waals surface area contributed by atoms with Crippen LogP contribution in [0.25, 0.3) is 22.8 Å². The summed E-state index contributed by atoms with van der Waals surface area (Å²) in [6.07, 6.45) is 8.72. The number of nitrogens with zero attached hydrogens (tertiary/aromatic N) is 2. The molecule has 1 N–H and O–H groups in total. The second-order valence-electron chi connectivity index (χ2n) is 9.51. The van der Waals surface area contributed by atoms with Gasteiger partial charge in [-0.1, -0.05) is 13.0 Å². The molecule has 6 rings (SSSR count). The lowest BCUT2D eigenvalue weighted by Crippen LogP contribution is -2.36. The first-order valence-electron chi connectivity index (χ1n) is 11.5. The third-order valence-corrected chi connectivity index (χ3v) is 7.14. The molecule has 2 saturated carbocycles. The summed E-state index contributed by atoms with van der Waals surface area (Å²) in [5.41, 5.74) is 1.76. The molecule has 2 heterocycles. The summed E-state index contributed by atoms with van der Waals surface area (Å²) in [5, 5.41) is 1.57. The molecular weight excluding hydrogens is 396 g/mol. The molecule has 2 aromatic heterocycles. The van der Waals surface area contributed by atoms with Gasteiger partial charge in [-0.3, -0.25) is 0 Å². The van der Waals surface area contributed by atoms with Crippen molar-refractivity contribution in [3.63, 3.8) is 0 Å². The van der Waals surface area contributed by atoms with E-state index in [1.165, 1.54) is 18.9 Å². The summed E-state index contributed by atoms with van der Waals surface area (Å²) in [6.45, 7) is 2.25. The number of nitrogens with one attached hydrogen (secondary N) is 1. The Morgan fingerprint density at radius 1 is 1.10 bits per heavy atom.